The summed E-state index contributed by atoms with van der Waals surface area (Å²) in [7, 11) is 0. The molecule has 7 heteroatoms. The molecule has 7 nitrogen and oxygen atoms in total. The summed E-state index contributed by atoms with van der Waals surface area (Å²) in [5.74, 6) is 1.74. The minimum absolute atomic E-state index is 0.530. The number of aryl methyl sites for hydroxylation is 2. The first-order valence-electron chi connectivity index (χ1n) is 9.55. The number of aromatic nitrogens is 3. The molecular weight excluding hydrogens is 350 g/mol. The number of piperazine rings is 1. The van der Waals surface area contributed by atoms with Crippen molar-refractivity contribution in [3.63, 3.8) is 0 Å². The van der Waals surface area contributed by atoms with Crippen LogP contribution in [0, 0.1) is 13.8 Å². The molecule has 1 aromatic heterocycles. The van der Waals surface area contributed by atoms with Crippen LogP contribution in [0.1, 0.15) is 11.1 Å². The Balaban J connectivity index is 1.63. The first-order valence-corrected chi connectivity index (χ1v) is 9.55. The molecule has 0 aliphatic carbocycles. The maximum atomic E-state index is 4.66. The second-order valence-electron chi connectivity index (χ2n) is 7.00. The highest BCUT2D eigenvalue weighted by atomic mass is 15.3. The Kier molecular flexibility index (Phi) is 5.34. The van der Waals surface area contributed by atoms with Crippen molar-refractivity contribution in [3.8, 4) is 0 Å². The van der Waals surface area contributed by atoms with Gasteiger partial charge in [-0.2, -0.15) is 15.0 Å². The molecule has 0 saturated carbocycles. The Morgan fingerprint density at radius 1 is 0.714 bits per heavy atom. The third kappa shape index (κ3) is 4.55. The molecule has 1 aliphatic heterocycles. The van der Waals surface area contributed by atoms with E-state index in [9.17, 15) is 0 Å². The number of hydrogen-bond acceptors (Lipinski definition) is 7. The zero-order chi connectivity index (χ0) is 19.3. The van der Waals surface area contributed by atoms with Crippen LogP contribution in [0.2, 0.25) is 0 Å². The molecule has 2 heterocycles. The summed E-state index contributed by atoms with van der Waals surface area (Å²) in [6, 6.07) is 16.3. The molecule has 4 rings (SSSR count). The van der Waals surface area contributed by atoms with Gasteiger partial charge in [-0.25, -0.2) is 0 Å². The predicted molar refractivity (Wildman–Crippen MR) is 114 cm³/mol. The van der Waals surface area contributed by atoms with E-state index in [1.807, 2.05) is 24.3 Å². The second-order valence-corrected chi connectivity index (χ2v) is 7.00. The zero-order valence-electron chi connectivity index (χ0n) is 16.2. The van der Waals surface area contributed by atoms with E-state index in [-0.39, 0.29) is 0 Å². The van der Waals surface area contributed by atoms with E-state index in [0.717, 1.165) is 37.6 Å². The van der Waals surface area contributed by atoms with Gasteiger partial charge in [-0.15, -0.1) is 0 Å². The average molecular weight is 375 g/mol. The maximum Gasteiger partial charge on any atom is 0.233 e. The van der Waals surface area contributed by atoms with E-state index < -0.39 is 0 Å². The van der Waals surface area contributed by atoms with Crippen LogP contribution in [-0.2, 0) is 0 Å². The molecule has 144 valence electrons. The van der Waals surface area contributed by atoms with Crippen LogP contribution in [-0.4, -0.2) is 41.1 Å². The van der Waals surface area contributed by atoms with E-state index in [4.69, 9.17) is 0 Å². The Bertz CT molecular complexity index is 851. The van der Waals surface area contributed by atoms with Gasteiger partial charge in [0.2, 0.25) is 17.8 Å². The molecule has 0 unspecified atom stereocenters. The van der Waals surface area contributed by atoms with Crippen molar-refractivity contribution in [1.29, 1.82) is 0 Å². The maximum absolute atomic E-state index is 4.66. The van der Waals surface area contributed by atoms with Gasteiger partial charge in [0.15, 0.2) is 0 Å². The topological polar surface area (TPSA) is 78.0 Å². The largest absolute Gasteiger partial charge is 0.338 e. The van der Waals surface area contributed by atoms with Gasteiger partial charge in [-0.3, -0.25) is 0 Å². The highest BCUT2D eigenvalue weighted by Gasteiger charge is 2.16. The van der Waals surface area contributed by atoms with Gasteiger partial charge >= 0.3 is 0 Å². The molecule has 0 amide bonds. The van der Waals surface area contributed by atoms with Gasteiger partial charge < -0.3 is 20.9 Å². The van der Waals surface area contributed by atoms with Gasteiger partial charge in [0, 0.05) is 37.6 Å². The van der Waals surface area contributed by atoms with Crippen molar-refractivity contribution in [2.45, 2.75) is 13.8 Å². The molecule has 0 atom stereocenters. The predicted octanol–water partition coefficient (Wildman–Crippen LogP) is 3.39. The summed E-state index contributed by atoms with van der Waals surface area (Å²) in [4.78, 5) is 16.1. The van der Waals surface area contributed by atoms with E-state index >= 15 is 0 Å². The lowest BCUT2D eigenvalue weighted by molar-refractivity contribution is 0.579. The quantitative estimate of drug-likeness (QED) is 0.631. The Labute approximate surface area is 165 Å². The van der Waals surface area contributed by atoms with Crippen LogP contribution >= 0.6 is 0 Å². The Hall–Kier alpha value is -3.19. The number of benzene rings is 2. The molecule has 0 radical (unpaired) electrons. The molecule has 1 saturated heterocycles. The average Bonchev–Trinajstić information content (AvgIpc) is 2.72. The molecule has 1 aliphatic rings. The van der Waals surface area contributed by atoms with Crippen LogP contribution in [0.4, 0.5) is 29.2 Å². The highest BCUT2D eigenvalue weighted by Crippen LogP contribution is 2.21. The summed E-state index contributed by atoms with van der Waals surface area (Å²) in [5, 5.41) is 9.96. The van der Waals surface area contributed by atoms with Crippen LogP contribution < -0.4 is 20.9 Å². The first kappa shape index (κ1) is 18.2. The summed E-state index contributed by atoms with van der Waals surface area (Å²) < 4.78 is 0. The minimum Gasteiger partial charge on any atom is -0.338 e. The highest BCUT2D eigenvalue weighted by molar-refractivity contribution is 5.59. The third-order valence-corrected chi connectivity index (χ3v) is 4.64. The summed E-state index contributed by atoms with van der Waals surface area (Å²) in [6.07, 6.45) is 0. The lowest BCUT2D eigenvalue weighted by atomic mass is 10.2. The minimum atomic E-state index is 0.530. The fourth-order valence-corrected chi connectivity index (χ4v) is 3.01. The van der Waals surface area contributed by atoms with Crippen molar-refractivity contribution in [1.82, 2.24) is 20.3 Å². The molecule has 0 bridgehead atoms. The summed E-state index contributed by atoms with van der Waals surface area (Å²) >= 11 is 0. The third-order valence-electron chi connectivity index (χ3n) is 4.64. The standard InChI is InChI=1S/C21H25N7/c1-15-3-7-17(8-4-15)23-19-25-20(24-18-9-5-16(2)6-10-18)27-21(26-19)28-13-11-22-12-14-28/h3-10,22H,11-14H2,1-2H3,(H2,23,24,25,26,27). The monoisotopic (exact) mass is 375 g/mol. The van der Waals surface area contributed by atoms with E-state index in [1.165, 1.54) is 11.1 Å². The molecule has 2 aromatic carbocycles. The summed E-state index contributed by atoms with van der Waals surface area (Å²) in [6.45, 7) is 7.73. The van der Waals surface area contributed by atoms with E-state index in [0.29, 0.717) is 17.8 Å². The molecule has 3 N–H and O–H groups in total. The lowest BCUT2D eigenvalue weighted by Gasteiger charge is -2.27. The van der Waals surface area contributed by atoms with Crippen molar-refractivity contribution >= 4 is 29.2 Å². The summed E-state index contributed by atoms with van der Waals surface area (Å²) in [5.41, 5.74) is 4.32. The number of anilines is 5. The van der Waals surface area contributed by atoms with Crippen LogP contribution in [0.25, 0.3) is 0 Å². The number of nitrogens with zero attached hydrogens (tertiary/aromatic N) is 4. The molecule has 1 fully saturated rings. The Morgan fingerprint density at radius 3 is 1.64 bits per heavy atom. The van der Waals surface area contributed by atoms with Gasteiger partial charge in [-0.1, -0.05) is 35.4 Å². The zero-order valence-corrected chi connectivity index (χ0v) is 16.2. The molecular formula is C21H25N7. The van der Waals surface area contributed by atoms with Crippen molar-refractivity contribution in [2.24, 2.45) is 0 Å². The van der Waals surface area contributed by atoms with Crippen LogP contribution in [0.3, 0.4) is 0 Å². The first-order chi connectivity index (χ1) is 13.7. The number of nitrogens with one attached hydrogen (secondary N) is 3. The second kappa shape index (κ2) is 8.22. The normalized spacial score (nSPS) is 14.0. The van der Waals surface area contributed by atoms with Gasteiger partial charge in [0.25, 0.3) is 0 Å². The molecule has 28 heavy (non-hydrogen) atoms. The number of hydrogen-bond donors (Lipinski definition) is 3. The van der Waals surface area contributed by atoms with Crippen LogP contribution in [0.15, 0.2) is 48.5 Å². The van der Waals surface area contributed by atoms with E-state index in [1.54, 1.807) is 0 Å². The molecule has 0 spiro atoms. The van der Waals surface area contributed by atoms with E-state index in [2.05, 4.69) is 73.9 Å². The van der Waals surface area contributed by atoms with Crippen molar-refractivity contribution in [2.75, 3.05) is 41.7 Å². The van der Waals surface area contributed by atoms with Gasteiger partial charge in [-0.05, 0) is 38.1 Å². The van der Waals surface area contributed by atoms with Gasteiger partial charge in [0.05, 0.1) is 0 Å². The Morgan fingerprint density at radius 2 is 1.18 bits per heavy atom. The number of rotatable bonds is 5. The smallest absolute Gasteiger partial charge is 0.233 e. The fraction of sp³-hybridized carbons (Fsp3) is 0.286. The molecule has 3 aromatic rings. The van der Waals surface area contributed by atoms with Crippen molar-refractivity contribution < 1.29 is 0 Å². The van der Waals surface area contributed by atoms with Crippen molar-refractivity contribution in [3.05, 3.63) is 59.7 Å². The fourth-order valence-electron chi connectivity index (χ4n) is 3.01. The van der Waals surface area contributed by atoms with Crippen LogP contribution in [0.5, 0.6) is 0 Å². The lowest BCUT2D eigenvalue weighted by Crippen LogP contribution is -2.44. The van der Waals surface area contributed by atoms with Gasteiger partial charge in [0.1, 0.15) is 0 Å². The SMILES string of the molecule is Cc1ccc(Nc2nc(Nc3ccc(C)cc3)nc(N3CCNCC3)n2)cc1.